The summed E-state index contributed by atoms with van der Waals surface area (Å²) in [5, 5.41) is 15.5. The van der Waals surface area contributed by atoms with Crippen molar-refractivity contribution in [2.24, 2.45) is 5.10 Å². The Bertz CT molecular complexity index is 865. The maximum atomic E-state index is 12.1. The summed E-state index contributed by atoms with van der Waals surface area (Å²) in [7, 11) is 0. The SMILES string of the molecule is Cc1ccc(/C=N/NC(=O)c2cc3ccccc3cc2O)o1. The highest BCUT2D eigenvalue weighted by atomic mass is 16.3. The number of rotatable bonds is 3. The van der Waals surface area contributed by atoms with Gasteiger partial charge in [-0.25, -0.2) is 5.43 Å². The van der Waals surface area contributed by atoms with E-state index >= 15 is 0 Å². The molecular weight excluding hydrogens is 280 g/mol. The van der Waals surface area contributed by atoms with Crippen LogP contribution in [0.5, 0.6) is 5.75 Å². The van der Waals surface area contributed by atoms with E-state index in [9.17, 15) is 9.90 Å². The molecular formula is C17H14N2O3. The number of benzene rings is 2. The van der Waals surface area contributed by atoms with E-state index < -0.39 is 5.91 Å². The molecule has 2 aromatic carbocycles. The average molecular weight is 294 g/mol. The van der Waals surface area contributed by atoms with Crippen LogP contribution in [0.15, 0.2) is 58.0 Å². The standard InChI is InChI=1S/C17H14N2O3/c1-11-6-7-14(22-11)10-18-19-17(21)15-8-12-4-2-3-5-13(12)9-16(15)20/h2-10,20H,1H3,(H,19,21)/b18-10+. The number of carbonyl (C=O) groups excluding carboxylic acids is 1. The average Bonchev–Trinajstić information content (AvgIpc) is 2.92. The van der Waals surface area contributed by atoms with Crippen LogP contribution in [0.3, 0.4) is 0 Å². The fourth-order valence-corrected chi connectivity index (χ4v) is 2.15. The first kappa shape index (κ1) is 13.9. The summed E-state index contributed by atoms with van der Waals surface area (Å²) in [6.45, 7) is 1.82. The summed E-state index contributed by atoms with van der Waals surface area (Å²) >= 11 is 0. The molecule has 0 aliphatic carbocycles. The number of carbonyl (C=O) groups is 1. The molecule has 1 heterocycles. The highest BCUT2D eigenvalue weighted by Crippen LogP contribution is 2.24. The van der Waals surface area contributed by atoms with Gasteiger partial charge in [0, 0.05) is 0 Å². The van der Waals surface area contributed by atoms with Crippen LogP contribution in [0.2, 0.25) is 0 Å². The maximum Gasteiger partial charge on any atom is 0.275 e. The molecule has 0 saturated carbocycles. The quantitative estimate of drug-likeness (QED) is 0.575. The van der Waals surface area contributed by atoms with Crippen molar-refractivity contribution < 1.29 is 14.3 Å². The number of hydrogen-bond donors (Lipinski definition) is 2. The Balaban J connectivity index is 1.80. The molecule has 0 fully saturated rings. The summed E-state index contributed by atoms with van der Waals surface area (Å²) in [5.41, 5.74) is 2.55. The van der Waals surface area contributed by atoms with E-state index in [1.807, 2.05) is 31.2 Å². The van der Waals surface area contributed by atoms with Gasteiger partial charge in [-0.2, -0.15) is 5.10 Å². The van der Waals surface area contributed by atoms with Gasteiger partial charge in [0.2, 0.25) is 0 Å². The van der Waals surface area contributed by atoms with E-state index in [0.717, 1.165) is 16.5 Å². The molecule has 1 amide bonds. The van der Waals surface area contributed by atoms with Crippen LogP contribution in [0, 0.1) is 6.92 Å². The Morgan fingerprint density at radius 1 is 1.18 bits per heavy atom. The maximum absolute atomic E-state index is 12.1. The monoisotopic (exact) mass is 294 g/mol. The number of aryl methyl sites for hydroxylation is 1. The Hall–Kier alpha value is -3.08. The van der Waals surface area contributed by atoms with E-state index in [-0.39, 0.29) is 11.3 Å². The summed E-state index contributed by atoms with van der Waals surface area (Å²) in [5.74, 6) is 0.739. The van der Waals surface area contributed by atoms with Crippen LogP contribution in [0.25, 0.3) is 10.8 Å². The molecule has 0 aliphatic heterocycles. The van der Waals surface area contributed by atoms with Crippen LogP contribution in [-0.4, -0.2) is 17.2 Å². The number of aromatic hydroxyl groups is 1. The number of amides is 1. The van der Waals surface area contributed by atoms with Crippen molar-refractivity contribution in [2.75, 3.05) is 0 Å². The van der Waals surface area contributed by atoms with E-state index in [0.29, 0.717) is 5.76 Å². The van der Waals surface area contributed by atoms with E-state index in [1.165, 1.54) is 6.21 Å². The number of furan rings is 1. The molecule has 5 heteroatoms. The minimum atomic E-state index is -0.484. The van der Waals surface area contributed by atoms with Gasteiger partial charge in [-0.05, 0) is 42.0 Å². The smallest absolute Gasteiger partial charge is 0.275 e. The van der Waals surface area contributed by atoms with Crippen LogP contribution in [0.1, 0.15) is 21.9 Å². The second-order valence-electron chi connectivity index (χ2n) is 4.86. The molecule has 0 atom stereocenters. The third-order valence-corrected chi connectivity index (χ3v) is 3.23. The number of nitrogens with zero attached hydrogens (tertiary/aromatic N) is 1. The molecule has 3 aromatic rings. The van der Waals surface area contributed by atoms with Gasteiger partial charge < -0.3 is 9.52 Å². The number of phenols is 1. The minimum absolute atomic E-state index is 0.0831. The number of nitrogens with one attached hydrogen (secondary N) is 1. The Morgan fingerprint density at radius 2 is 1.91 bits per heavy atom. The Labute approximate surface area is 126 Å². The summed E-state index contributed by atoms with van der Waals surface area (Å²) < 4.78 is 5.30. The van der Waals surface area contributed by atoms with Gasteiger partial charge in [-0.1, -0.05) is 24.3 Å². The van der Waals surface area contributed by atoms with Crippen LogP contribution in [0.4, 0.5) is 0 Å². The van der Waals surface area contributed by atoms with Crippen molar-refractivity contribution in [3.8, 4) is 5.75 Å². The van der Waals surface area contributed by atoms with Gasteiger partial charge in [0.05, 0.1) is 11.8 Å². The van der Waals surface area contributed by atoms with Gasteiger partial charge >= 0.3 is 0 Å². The summed E-state index contributed by atoms with van der Waals surface area (Å²) in [6, 6.07) is 14.2. The third kappa shape index (κ3) is 2.83. The molecule has 1 aromatic heterocycles. The van der Waals surface area contributed by atoms with Crippen molar-refractivity contribution in [3.05, 3.63) is 65.6 Å². The summed E-state index contributed by atoms with van der Waals surface area (Å²) in [6.07, 6.45) is 1.41. The second kappa shape index (κ2) is 5.73. The number of fused-ring (bicyclic) bond motifs is 1. The molecule has 110 valence electrons. The van der Waals surface area contributed by atoms with Crippen LogP contribution >= 0.6 is 0 Å². The first-order chi connectivity index (χ1) is 10.6. The van der Waals surface area contributed by atoms with Crippen LogP contribution in [-0.2, 0) is 0 Å². The predicted octanol–water partition coefficient (Wildman–Crippen LogP) is 3.21. The zero-order chi connectivity index (χ0) is 15.5. The van der Waals surface area contributed by atoms with Crippen molar-refractivity contribution in [2.45, 2.75) is 6.92 Å². The Morgan fingerprint density at radius 3 is 2.59 bits per heavy atom. The molecule has 3 rings (SSSR count). The van der Waals surface area contributed by atoms with Crippen LogP contribution < -0.4 is 5.43 Å². The van der Waals surface area contributed by atoms with E-state index in [4.69, 9.17) is 4.42 Å². The largest absolute Gasteiger partial charge is 0.507 e. The van der Waals surface area contributed by atoms with E-state index in [1.54, 1.807) is 24.3 Å². The lowest BCUT2D eigenvalue weighted by atomic mass is 10.1. The number of hydrogen-bond acceptors (Lipinski definition) is 4. The lowest BCUT2D eigenvalue weighted by Gasteiger charge is -2.05. The van der Waals surface area contributed by atoms with Crippen molar-refractivity contribution in [1.29, 1.82) is 0 Å². The molecule has 22 heavy (non-hydrogen) atoms. The molecule has 2 N–H and O–H groups in total. The first-order valence-electron chi connectivity index (χ1n) is 6.75. The van der Waals surface area contributed by atoms with E-state index in [2.05, 4.69) is 10.5 Å². The molecule has 0 saturated heterocycles. The minimum Gasteiger partial charge on any atom is -0.507 e. The third-order valence-electron chi connectivity index (χ3n) is 3.23. The summed E-state index contributed by atoms with van der Waals surface area (Å²) in [4.78, 5) is 12.1. The topological polar surface area (TPSA) is 74.8 Å². The van der Waals surface area contributed by atoms with Gasteiger partial charge in [-0.3, -0.25) is 4.79 Å². The van der Waals surface area contributed by atoms with Crippen molar-refractivity contribution >= 4 is 22.9 Å². The lowest BCUT2D eigenvalue weighted by Crippen LogP contribution is -2.17. The lowest BCUT2D eigenvalue weighted by molar-refractivity contribution is 0.0952. The molecule has 0 bridgehead atoms. The fraction of sp³-hybridized carbons (Fsp3) is 0.0588. The first-order valence-corrected chi connectivity index (χ1v) is 6.75. The highest BCUT2D eigenvalue weighted by Gasteiger charge is 2.11. The molecule has 0 aliphatic rings. The predicted molar refractivity (Wildman–Crippen MR) is 84.1 cm³/mol. The van der Waals surface area contributed by atoms with Gasteiger partial charge in [0.15, 0.2) is 0 Å². The van der Waals surface area contributed by atoms with Gasteiger partial charge in [0.1, 0.15) is 17.3 Å². The zero-order valence-corrected chi connectivity index (χ0v) is 11.9. The molecule has 5 nitrogen and oxygen atoms in total. The highest BCUT2D eigenvalue weighted by molar-refractivity contribution is 6.01. The molecule has 0 spiro atoms. The normalized spacial score (nSPS) is 11.1. The van der Waals surface area contributed by atoms with Crippen molar-refractivity contribution in [3.63, 3.8) is 0 Å². The molecule has 0 unspecified atom stereocenters. The number of hydrazone groups is 1. The second-order valence-corrected chi connectivity index (χ2v) is 4.86. The number of phenolic OH excluding ortho intramolecular Hbond substituents is 1. The Kier molecular flexibility index (Phi) is 3.62. The van der Waals surface area contributed by atoms with Crippen molar-refractivity contribution in [1.82, 2.24) is 5.43 Å². The zero-order valence-electron chi connectivity index (χ0n) is 11.9. The van der Waals surface area contributed by atoms with Gasteiger partial charge in [-0.15, -0.1) is 0 Å². The fourth-order valence-electron chi connectivity index (χ4n) is 2.15. The van der Waals surface area contributed by atoms with Gasteiger partial charge in [0.25, 0.3) is 5.91 Å². The molecule has 0 radical (unpaired) electrons.